The highest BCUT2D eigenvalue weighted by Gasteiger charge is 2.47. The summed E-state index contributed by atoms with van der Waals surface area (Å²) in [6.45, 7) is 0. The quantitative estimate of drug-likeness (QED) is 0.843. The van der Waals surface area contributed by atoms with Crippen LogP contribution in [0.4, 0.5) is 5.69 Å². The number of hydrogen-bond acceptors (Lipinski definition) is 2. The number of anilines is 1. The average Bonchev–Trinajstić information content (AvgIpc) is 2.49. The molecule has 106 valence electrons. The fourth-order valence-electron chi connectivity index (χ4n) is 2.82. The molecule has 1 aliphatic rings. The van der Waals surface area contributed by atoms with Crippen LogP contribution in [0.2, 0.25) is 0 Å². The second kappa shape index (κ2) is 5.05. The van der Waals surface area contributed by atoms with E-state index >= 15 is 0 Å². The minimum atomic E-state index is -1.23. The fourth-order valence-corrected chi connectivity index (χ4v) is 2.82. The minimum Gasteiger partial charge on any atom is -0.369 e. The van der Waals surface area contributed by atoms with Gasteiger partial charge >= 0.3 is 0 Å². The van der Waals surface area contributed by atoms with Crippen LogP contribution in [0.5, 0.6) is 0 Å². The highest BCUT2D eigenvalue weighted by Crippen LogP contribution is 2.36. The third-order valence-corrected chi connectivity index (χ3v) is 4.01. The smallest absolute Gasteiger partial charge is 0.240 e. The van der Waals surface area contributed by atoms with E-state index < -0.39 is 11.3 Å². The van der Waals surface area contributed by atoms with Crippen molar-refractivity contribution in [2.45, 2.75) is 12.8 Å². The van der Waals surface area contributed by atoms with Crippen LogP contribution in [0.3, 0.4) is 0 Å². The summed E-state index contributed by atoms with van der Waals surface area (Å²) in [5.41, 5.74) is 6.99. The van der Waals surface area contributed by atoms with Crippen LogP contribution in [-0.2, 0) is 22.4 Å². The van der Waals surface area contributed by atoms with Crippen molar-refractivity contribution in [2.24, 2.45) is 11.1 Å². The number of nitrogens with one attached hydrogen (secondary N) is 1. The summed E-state index contributed by atoms with van der Waals surface area (Å²) in [6.07, 6.45) is 0.641. The standard InChI is InChI=1S/C17H16N2O2/c18-15(20)17(10-12-6-2-1-3-7-12)11-13-8-4-5-9-14(13)19-16(17)21/h1-9H,10-11H2,(H2,18,20)(H,19,21)/t17-/m1/s1. The SMILES string of the molecule is NC(=O)[C@@]1(Cc2ccccc2)Cc2ccccc2NC1=O. The van der Waals surface area contributed by atoms with Gasteiger partial charge in [-0.15, -0.1) is 0 Å². The zero-order valence-corrected chi connectivity index (χ0v) is 11.5. The molecule has 0 saturated heterocycles. The highest BCUT2D eigenvalue weighted by molar-refractivity contribution is 6.12. The number of fused-ring (bicyclic) bond motifs is 1. The van der Waals surface area contributed by atoms with Crippen molar-refractivity contribution >= 4 is 17.5 Å². The summed E-state index contributed by atoms with van der Waals surface area (Å²) < 4.78 is 0. The summed E-state index contributed by atoms with van der Waals surface area (Å²) >= 11 is 0. The number of nitrogens with two attached hydrogens (primary N) is 1. The van der Waals surface area contributed by atoms with Crippen LogP contribution in [0.15, 0.2) is 54.6 Å². The Labute approximate surface area is 123 Å². The number of benzene rings is 2. The molecule has 0 aliphatic carbocycles. The number of carbonyl (C=O) groups is 2. The molecular weight excluding hydrogens is 264 g/mol. The first-order chi connectivity index (χ1) is 10.1. The first-order valence-corrected chi connectivity index (χ1v) is 6.85. The molecule has 4 heteroatoms. The number of amides is 2. The first-order valence-electron chi connectivity index (χ1n) is 6.85. The van der Waals surface area contributed by atoms with Crippen LogP contribution >= 0.6 is 0 Å². The lowest BCUT2D eigenvalue weighted by Gasteiger charge is -2.34. The van der Waals surface area contributed by atoms with Gasteiger partial charge in [0.05, 0.1) is 0 Å². The Morgan fingerprint density at radius 3 is 2.48 bits per heavy atom. The highest BCUT2D eigenvalue weighted by atomic mass is 16.2. The molecule has 1 atom stereocenters. The molecule has 1 heterocycles. The molecule has 3 N–H and O–H groups in total. The molecule has 0 bridgehead atoms. The predicted molar refractivity (Wildman–Crippen MR) is 80.5 cm³/mol. The van der Waals surface area contributed by atoms with Crippen molar-refractivity contribution in [2.75, 3.05) is 5.32 Å². The summed E-state index contributed by atoms with van der Waals surface area (Å²) in [4.78, 5) is 24.6. The Bertz CT molecular complexity index is 697. The fraction of sp³-hybridized carbons (Fsp3) is 0.176. The van der Waals surface area contributed by atoms with Crippen LogP contribution in [-0.4, -0.2) is 11.8 Å². The van der Waals surface area contributed by atoms with E-state index in [0.717, 1.165) is 16.8 Å². The van der Waals surface area contributed by atoms with Crippen molar-refractivity contribution in [3.05, 3.63) is 65.7 Å². The van der Waals surface area contributed by atoms with E-state index in [0.29, 0.717) is 12.8 Å². The Morgan fingerprint density at radius 2 is 1.76 bits per heavy atom. The Hall–Kier alpha value is -2.62. The Kier molecular flexibility index (Phi) is 3.22. The van der Waals surface area contributed by atoms with Gasteiger partial charge in [0.25, 0.3) is 0 Å². The van der Waals surface area contributed by atoms with Crippen molar-refractivity contribution in [3.63, 3.8) is 0 Å². The van der Waals surface area contributed by atoms with E-state index in [1.807, 2.05) is 54.6 Å². The van der Waals surface area contributed by atoms with Crippen LogP contribution in [0, 0.1) is 5.41 Å². The van der Waals surface area contributed by atoms with Crippen LogP contribution in [0.25, 0.3) is 0 Å². The number of primary amides is 1. The molecule has 2 aromatic carbocycles. The van der Waals surface area contributed by atoms with Gasteiger partial charge in [-0.25, -0.2) is 0 Å². The Balaban J connectivity index is 2.02. The molecule has 0 unspecified atom stereocenters. The Morgan fingerprint density at radius 1 is 1.10 bits per heavy atom. The third kappa shape index (κ3) is 2.29. The van der Waals surface area contributed by atoms with Gasteiger partial charge in [0.2, 0.25) is 11.8 Å². The lowest BCUT2D eigenvalue weighted by molar-refractivity contribution is -0.138. The molecule has 21 heavy (non-hydrogen) atoms. The topological polar surface area (TPSA) is 72.2 Å². The van der Waals surface area contributed by atoms with E-state index in [1.54, 1.807) is 0 Å². The molecule has 0 fully saturated rings. The molecular formula is C17H16N2O2. The van der Waals surface area contributed by atoms with E-state index in [1.165, 1.54) is 0 Å². The number of para-hydroxylation sites is 1. The second-order valence-corrected chi connectivity index (χ2v) is 5.40. The summed E-state index contributed by atoms with van der Waals surface area (Å²) in [6, 6.07) is 17.0. The number of carbonyl (C=O) groups excluding carboxylic acids is 2. The zero-order chi connectivity index (χ0) is 14.9. The van der Waals surface area contributed by atoms with Gasteiger partial charge in [-0.05, 0) is 30.0 Å². The van der Waals surface area contributed by atoms with Gasteiger partial charge in [-0.3, -0.25) is 9.59 Å². The van der Waals surface area contributed by atoms with Crippen molar-refractivity contribution in [1.82, 2.24) is 0 Å². The third-order valence-electron chi connectivity index (χ3n) is 4.01. The minimum absolute atomic E-state index is 0.309. The van der Waals surface area contributed by atoms with Gasteiger partial charge in [0.15, 0.2) is 0 Å². The molecule has 0 aromatic heterocycles. The van der Waals surface area contributed by atoms with E-state index in [2.05, 4.69) is 5.32 Å². The molecule has 0 saturated carbocycles. The predicted octanol–water partition coefficient (Wildman–Crippen LogP) is 1.90. The molecule has 2 aromatic rings. The van der Waals surface area contributed by atoms with Crippen molar-refractivity contribution in [3.8, 4) is 0 Å². The first kappa shape index (κ1) is 13.4. The lowest BCUT2D eigenvalue weighted by atomic mass is 9.72. The molecule has 0 radical (unpaired) electrons. The summed E-state index contributed by atoms with van der Waals surface area (Å²) in [7, 11) is 0. The van der Waals surface area contributed by atoms with Gasteiger partial charge in [0, 0.05) is 5.69 Å². The summed E-state index contributed by atoms with van der Waals surface area (Å²) in [5.74, 6) is -0.907. The number of rotatable bonds is 3. The van der Waals surface area contributed by atoms with E-state index in [9.17, 15) is 9.59 Å². The molecule has 3 rings (SSSR count). The van der Waals surface area contributed by atoms with Gasteiger partial charge in [-0.2, -0.15) is 0 Å². The maximum absolute atomic E-state index is 12.5. The molecule has 0 spiro atoms. The van der Waals surface area contributed by atoms with Crippen LogP contribution in [0.1, 0.15) is 11.1 Å². The molecule has 4 nitrogen and oxygen atoms in total. The van der Waals surface area contributed by atoms with E-state index in [-0.39, 0.29) is 5.91 Å². The monoisotopic (exact) mass is 280 g/mol. The number of hydrogen-bond donors (Lipinski definition) is 2. The van der Waals surface area contributed by atoms with Gasteiger partial charge in [0.1, 0.15) is 5.41 Å². The van der Waals surface area contributed by atoms with Crippen molar-refractivity contribution < 1.29 is 9.59 Å². The van der Waals surface area contributed by atoms with Gasteiger partial charge < -0.3 is 11.1 Å². The summed E-state index contributed by atoms with van der Waals surface area (Å²) in [5, 5.41) is 2.81. The lowest BCUT2D eigenvalue weighted by Crippen LogP contribution is -2.52. The molecule has 2 amide bonds. The zero-order valence-electron chi connectivity index (χ0n) is 11.5. The maximum atomic E-state index is 12.5. The van der Waals surface area contributed by atoms with Crippen LogP contribution < -0.4 is 11.1 Å². The largest absolute Gasteiger partial charge is 0.369 e. The second-order valence-electron chi connectivity index (χ2n) is 5.40. The van der Waals surface area contributed by atoms with Gasteiger partial charge in [-0.1, -0.05) is 48.5 Å². The maximum Gasteiger partial charge on any atom is 0.240 e. The average molecular weight is 280 g/mol. The molecule has 1 aliphatic heterocycles. The normalized spacial score (nSPS) is 20.5. The van der Waals surface area contributed by atoms with Crippen molar-refractivity contribution in [1.29, 1.82) is 0 Å². The van der Waals surface area contributed by atoms with E-state index in [4.69, 9.17) is 5.73 Å².